The van der Waals surface area contributed by atoms with E-state index in [0.29, 0.717) is 43.2 Å². The molecule has 0 aromatic carbocycles. The van der Waals surface area contributed by atoms with Crippen LogP contribution in [0.15, 0.2) is 56.0 Å². The van der Waals surface area contributed by atoms with E-state index < -0.39 is 20.9 Å². The van der Waals surface area contributed by atoms with Crippen LogP contribution in [0.25, 0.3) is 0 Å². The van der Waals surface area contributed by atoms with Gasteiger partial charge in [0, 0.05) is 13.1 Å². The van der Waals surface area contributed by atoms with E-state index in [1.165, 1.54) is 0 Å². The lowest BCUT2D eigenvalue weighted by Gasteiger charge is -2.29. The van der Waals surface area contributed by atoms with E-state index >= 15 is 4.39 Å². The highest BCUT2D eigenvalue weighted by Gasteiger charge is 2.39. The molecule has 0 radical (unpaired) electrons. The van der Waals surface area contributed by atoms with Gasteiger partial charge in [-0.3, -0.25) is 0 Å². The monoisotopic (exact) mass is 505 g/mol. The second kappa shape index (κ2) is 10.8. The van der Waals surface area contributed by atoms with Crippen molar-refractivity contribution in [3.63, 3.8) is 0 Å². The van der Waals surface area contributed by atoms with Gasteiger partial charge in [-0.2, -0.15) is 0 Å². The number of hydrogen-bond acceptors (Lipinski definition) is 7. The zero-order chi connectivity index (χ0) is 25.2. The maximum Gasteiger partial charge on any atom is 0.255 e. The highest BCUT2D eigenvalue weighted by molar-refractivity contribution is 7.96. The first-order valence-corrected chi connectivity index (χ1v) is 14.1. The van der Waals surface area contributed by atoms with Gasteiger partial charge in [0.05, 0.1) is 29.5 Å². The van der Waals surface area contributed by atoms with Gasteiger partial charge in [-0.15, -0.1) is 0 Å². The third-order valence-corrected chi connectivity index (χ3v) is 9.12. The second-order valence-electron chi connectivity index (χ2n) is 9.78. The Morgan fingerprint density at radius 3 is 2.57 bits per heavy atom. The quantitative estimate of drug-likeness (QED) is 0.531. The van der Waals surface area contributed by atoms with Crippen molar-refractivity contribution >= 4 is 21.4 Å². The Balaban J connectivity index is 1.69. The third-order valence-electron chi connectivity index (χ3n) is 6.86. The van der Waals surface area contributed by atoms with Crippen molar-refractivity contribution in [1.82, 2.24) is 4.90 Å². The van der Waals surface area contributed by atoms with E-state index in [-0.39, 0.29) is 29.1 Å². The van der Waals surface area contributed by atoms with E-state index in [9.17, 15) is 8.42 Å². The van der Waals surface area contributed by atoms with Crippen molar-refractivity contribution in [2.24, 2.45) is 15.9 Å². The number of hydrogen-bond donors (Lipinski definition) is 0. The molecule has 192 valence electrons. The molecule has 0 bridgehead atoms. The molecule has 35 heavy (non-hydrogen) atoms. The van der Waals surface area contributed by atoms with Crippen LogP contribution in [-0.2, 0) is 19.3 Å². The second-order valence-corrected chi connectivity index (χ2v) is 12.0. The normalized spacial score (nSPS) is 26.4. The largest absolute Gasteiger partial charge is 0.490 e. The number of rotatable bonds is 6. The summed E-state index contributed by atoms with van der Waals surface area (Å²) in [6, 6.07) is 0. The fourth-order valence-corrected chi connectivity index (χ4v) is 6.44. The zero-order valence-corrected chi connectivity index (χ0v) is 21.9. The summed E-state index contributed by atoms with van der Waals surface area (Å²) in [5.41, 5.74) is 1.60. The van der Waals surface area contributed by atoms with Crippen LogP contribution >= 0.6 is 0 Å². The molecular formula is C26H36FN3O4S. The summed E-state index contributed by atoms with van der Waals surface area (Å²) in [4.78, 5) is 11.7. The number of allylic oxidation sites excluding steroid dienone is 4. The van der Waals surface area contributed by atoms with Gasteiger partial charge in [-0.1, -0.05) is 26.0 Å². The fourth-order valence-electron chi connectivity index (χ4n) is 4.60. The van der Waals surface area contributed by atoms with Crippen LogP contribution in [0, 0.1) is 5.92 Å². The molecule has 2 fully saturated rings. The number of halogens is 1. The Morgan fingerprint density at radius 1 is 1.23 bits per heavy atom. The van der Waals surface area contributed by atoms with Gasteiger partial charge in [-0.25, -0.2) is 22.8 Å². The van der Waals surface area contributed by atoms with E-state index in [1.54, 1.807) is 13.2 Å². The van der Waals surface area contributed by atoms with Crippen LogP contribution in [0.2, 0.25) is 0 Å². The van der Waals surface area contributed by atoms with E-state index in [2.05, 4.69) is 16.9 Å². The predicted octanol–water partition coefficient (Wildman–Crippen LogP) is 4.50. The molecule has 2 heterocycles. The minimum absolute atomic E-state index is 0.0288. The van der Waals surface area contributed by atoms with Gasteiger partial charge in [0.15, 0.2) is 9.84 Å². The lowest BCUT2D eigenvalue weighted by molar-refractivity contribution is 0.0990. The van der Waals surface area contributed by atoms with Gasteiger partial charge in [0.2, 0.25) is 5.76 Å². The van der Waals surface area contributed by atoms with Crippen molar-refractivity contribution in [2.45, 2.75) is 63.7 Å². The number of likely N-dealkylation sites (tertiary alicyclic amines) is 1. The minimum atomic E-state index is -3.50. The summed E-state index contributed by atoms with van der Waals surface area (Å²) in [6.07, 6.45) is 8.79. The molecule has 0 aromatic heterocycles. The summed E-state index contributed by atoms with van der Waals surface area (Å²) in [5, 5.41) is -0.390. The summed E-state index contributed by atoms with van der Waals surface area (Å²) < 4.78 is 53.1. The molecule has 0 N–H and O–H groups in total. The van der Waals surface area contributed by atoms with Crippen molar-refractivity contribution in [3.05, 3.63) is 46.0 Å². The predicted molar refractivity (Wildman–Crippen MR) is 137 cm³/mol. The van der Waals surface area contributed by atoms with Gasteiger partial charge >= 0.3 is 0 Å². The molecule has 7 nitrogen and oxygen atoms in total. The van der Waals surface area contributed by atoms with Gasteiger partial charge < -0.3 is 14.4 Å². The Hall–Kier alpha value is -2.26. The highest BCUT2D eigenvalue weighted by atomic mass is 32.2. The van der Waals surface area contributed by atoms with E-state index in [4.69, 9.17) is 14.5 Å². The lowest BCUT2D eigenvalue weighted by Crippen LogP contribution is -2.35. The first-order valence-electron chi connectivity index (χ1n) is 12.5. The van der Waals surface area contributed by atoms with E-state index in [0.717, 1.165) is 37.6 Å². The molecule has 0 aromatic rings. The number of piperidine rings is 1. The lowest BCUT2D eigenvalue weighted by atomic mass is 10.0. The summed E-state index contributed by atoms with van der Waals surface area (Å²) in [5.74, 6) is -0.0215. The molecule has 1 saturated heterocycles. The standard InChI is InChI=1S/C26H36FN3O4S/c1-5-18-8-11-28-26(34-19-9-12-30(3)13-10-19)25(33-4)24(18)29-23-15-17(2)14-21(16-22(23)27)35(31,32)20-6-7-20/h8,14,16-17,19-20H,5-7,9-13,15H2,1-4H3. The molecule has 4 rings (SSSR count). The first kappa shape index (κ1) is 25.8. The number of sulfone groups is 1. The maximum absolute atomic E-state index is 15.4. The van der Waals surface area contributed by atoms with Crippen LogP contribution in [0.4, 0.5) is 4.39 Å². The topological polar surface area (TPSA) is 80.6 Å². The van der Waals surface area contributed by atoms with Crippen LogP contribution in [0.3, 0.4) is 0 Å². The van der Waals surface area contributed by atoms with Gasteiger partial charge in [-0.05, 0) is 63.1 Å². The van der Waals surface area contributed by atoms with Gasteiger partial charge in [0.25, 0.3) is 5.90 Å². The zero-order valence-electron chi connectivity index (χ0n) is 21.1. The van der Waals surface area contributed by atoms with Crippen LogP contribution in [0.1, 0.15) is 52.4 Å². The average molecular weight is 506 g/mol. The van der Waals surface area contributed by atoms with Crippen molar-refractivity contribution in [1.29, 1.82) is 0 Å². The first-order chi connectivity index (χ1) is 16.7. The Morgan fingerprint density at radius 2 is 1.94 bits per heavy atom. The van der Waals surface area contributed by atoms with Crippen LogP contribution < -0.4 is 0 Å². The van der Waals surface area contributed by atoms with Crippen molar-refractivity contribution in [3.8, 4) is 0 Å². The maximum atomic E-state index is 15.4. The number of aliphatic imine (C=N–C) groups is 2. The summed E-state index contributed by atoms with van der Waals surface area (Å²) in [7, 11) is 0.141. The molecule has 4 aliphatic rings. The molecule has 2 aliphatic heterocycles. The fraction of sp³-hybridized carbons (Fsp3) is 0.615. The molecule has 1 saturated carbocycles. The average Bonchev–Trinajstić information content (AvgIpc) is 3.68. The molecule has 1 unspecified atom stereocenters. The molecule has 1 atom stereocenters. The summed E-state index contributed by atoms with van der Waals surface area (Å²) >= 11 is 0. The Bertz CT molecular complexity index is 1120. The molecular weight excluding hydrogens is 469 g/mol. The van der Waals surface area contributed by atoms with Crippen molar-refractivity contribution in [2.75, 3.05) is 33.8 Å². The van der Waals surface area contributed by atoms with Gasteiger partial charge in [0.1, 0.15) is 17.6 Å². The molecule has 9 heteroatoms. The Labute approximate surface area is 208 Å². The molecule has 0 amide bonds. The number of nitrogens with zero attached hydrogens (tertiary/aromatic N) is 3. The number of methoxy groups -OCH3 is 1. The number of ether oxygens (including phenoxy) is 2. The SMILES string of the molecule is CCC1=CCN=C(OC2CCN(C)CC2)C(OC)=C1N=C1CC(C)C=C(S(=O)(=O)C2CC2)C=C1F. The highest BCUT2D eigenvalue weighted by Crippen LogP contribution is 2.36. The van der Waals surface area contributed by atoms with Crippen molar-refractivity contribution < 1.29 is 22.3 Å². The molecule has 2 aliphatic carbocycles. The minimum Gasteiger partial charge on any atom is -0.490 e. The summed E-state index contributed by atoms with van der Waals surface area (Å²) in [6.45, 7) is 6.21. The van der Waals surface area contributed by atoms with E-state index in [1.807, 2.05) is 19.9 Å². The van der Waals surface area contributed by atoms with Crippen LogP contribution in [0.5, 0.6) is 0 Å². The van der Waals surface area contributed by atoms with Crippen LogP contribution in [-0.4, -0.2) is 70.1 Å². The Kier molecular flexibility index (Phi) is 7.96. The molecule has 0 spiro atoms. The smallest absolute Gasteiger partial charge is 0.255 e. The third kappa shape index (κ3) is 5.94.